The zero-order valence-electron chi connectivity index (χ0n) is 17.5. The van der Waals surface area contributed by atoms with Crippen molar-refractivity contribution in [3.8, 4) is 22.3 Å². The lowest BCUT2D eigenvalue weighted by Crippen LogP contribution is -2.15. The molecule has 0 N–H and O–H groups in total. The van der Waals surface area contributed by atoms with Crippen LogP contribution in [0.5, 0.6) is 0 Å². The number of esters is 2. The number of ether oxygens (including phenoxy) is 1. The zero-order valence-corrected chi connectivity index (χ0v) is 17.5. The van der Waals surface area contributed by atoms with E-state index in [0.717, 1.165) is 33.4 Å². The highest BCUT2D eigenvalue weighted by Crippen LogP contribution is 2.28. The van der Waals surface area contributed by atoms with E-state index in [1.54, 1.807) is 12.1 Å². The number of carbonyl (C=O) groups is 2. The Labute approximate surface area is 181 Å². The van der Waals surface area contributed by atoms with Crippen LogP contribution in [0.3, 0.4) is 0 Å². The molecule has 0 saturated heterocycles. The second-order valence-electron chi connectivity index (χ2n) is 7.51. The molecule has 0 aliphatic heterocycles. The Hall–Kier alpha value is -3.98. The summed E-state index contributed by atoms with van der Waals surface area (Å²) in [6.45, 7) is 3.81. The van der Waals surface area contributed by atoms with Gasteiger partial charge in [0, 0.05) is 0 Å². The number of rotatable bonds is 4. The first-order valence-corrected chi connectivity index (χ1v) is 10.1. The lowest BCUT2D eigenvalue weighted by atomic mass is 9.97. The smallest absolute Gasteiger partial charge is 0.346 e. The topological polar surface area (TPSA) is 43.4 Å². The third-order valence-electron chi connectivity index (χ3n) is 5.14. The Kier molecular flexibility index (Phi) is 5.76. The summed E-state index contributed by atoms with van der Waals surface area (Å²) in [5.74, 6) is -1.32. The molecule has 0 aliphatic rings. The fourth-order valence-corrected chi connectivity index (χ4v) is 3.59. The van der Waals surface area contributed by atoms with Crippen LogP contribution in [0.25, 0.3) is 22.3 Å². The van der Waals surface area contributed by atoms with Crippen LogP contribution < -0.4 is 0 Å². The van der Waals surface area contributed by atoms with E-state index in [-0.39, 0.29) is 0 Å². The molecular weight excluding hydrogens is 384 g/mol. The van der Waals surface area contributed by atoms with Crippen molar-refractivity contribution in [1.29, 1.82) is 0 Å². The zero-order chi connectivity index (χ0) is 21.8. The van der Waals surface area contributed by atoms with Gasteiger partial charge in [0.1, 0.15) is 0 Å². The van der Waals surface area contributed by atoms with Gasteiger partial charge in [-0.2, -0.15) is 0 Å². The SMILES string of the molecule is Cc1ccc(-c2ccccc2)c(C(=O)OC(=O)c2cc(C)ccc2-c2ccccc2)c1. The summed E-state index contributed by atoms with van der Waals surface area (Å²) in [4.78, 5) is 26.1. The maximum atomic E-state index is 13.1. The van der Waals surface area contributed by atoms with Crippen LogP contribution in [0.15, 0.2) is 97.1 Å². The molecule has 0 fully saturated rings. The van der Waals surface area contributed by atoms with E-state index in [9.17, 15) is 9.59 Å². The van der Waals surface area contributed by atoms with E-state index < -0.39 is 11.9 Å². The molecule has 31 heavy (non-hydrogen) atoms. The Bertz CT molecular complexity index is 1140. The van der Waals surface area contributed by atoms with Crippen molar-refractivity contribution in [1.82, 2.24) is 0 Å². The van der Waals surface area contributed by atoms with Gasteiger partial charge in [-0.15, -0.1) is 0 Å². The molecule has 4 aromatic carbocycles. The number of hydrogen-bond donors (Lipinski definition) is 0. The molecule has 0 aliphatic carbocycles. The summed E-state index contributed by atoms with van der Waals surface area (Å²) in [6, 6.07) is 30.4. The van der Waals surface area contributed by atoms with Gasteiger partial charge in [0.05, 0.1) is 11.1 Å². The van der Waals surface area contributed by atoms with Gasteiger partial charge in [-0.1, -0.05) is 96.1 Å². The van der Waals surface area contributed by atoms with Crippen molar-refractivity contribution < 1.29 is 14.3 Å². The Balaban J connectivity index is 1.69. The Morgan fingerprint density at radius 1 is 0.548 bits per heavy atom. The predicted octanol–water partition coefficient (Wildman–Crippen LogP) is 6.63. The lowest BCUT2D eigenvalue weighted by molar-refractivity contribution is 0.0399. The number of aryl methyl sites for hydroxylation is 2. The number of carbonyl (C=O) groups excluding carboxylic acids is 2. The highest BCUT2D eigenvalue weighted by Gasteiger charge is 2.21. The molecule has 0 spiro atoms. The minimum atomic E-state index is -0.659. The molecule has 4 aromatic rings. The monoisotopic (exact) mass is 406 g/mol. The third-order valence-corrected chi connectivity index (χ3v) is 5.14. The van der Waals surface area contributed by atoms with Gasteiger partial charge in [-0.05, 0) is 48.2 Å². The molecule has 0 saturated carbocycles. The first-order chi connectivity index (χ1) is 15.0. The maximum Gasteiger partial charge on any atom is 0.346 e. The maximum absolute atomic E-state index is 13.1. The van der Waals surface area contributed by atoms with Crippen LogP contribution in [0.4, 0.5) is 0 Å². The minimum absolute atomic E-state index is 0.369. The molecule has 0 heterocycles. The van der Waals surface area contributed by atoms with Gasteiger partial charge < -0.3 is 4.74 Å². The van der Waals surface area contributed by atoms with Gasteiger partial charge in [-0.25, -0.2) is 9.59 Å². The van der Waals surface area contributed by atoms with Crippen LogP contribution >= 0.6 is 0 Å². The highest BCUT2D eigenvalue weighted by molar-refractivity contribution is 6.08. The molecule has 0 atom stereocenters. The number of benzene rings is 4. The van der Waals surface area contributed by atoms with Gasteiger partial charge in [0.15, 0.2) is 0 Å². The lowest BCUT2D eigenvalue weighted by Gasteiger charge is -2.12. The summed E-state index contributed by atoms with van der Waals surface area (Å²) in [7, 11) is 0. The second kappa shape index (κ2) is 8.80. The molecule has 0 amide bonds. The molecular formula is C28H22O3. The third kappa shape index (κ3) is 4.46. The van der Waals surface area contributed by atoms with Crippen LogP contribution in [-0.2, 0) is 4.74 Å². The molecule has 0 aromatic heterocycles. The van der Waals surface area contributed by atoms with Crippen LogP contribution in [0, 0.1) is 13.8 Å². The van der Waals surface area contributed by atoms with E-state index in [0.29, 0.717) is 11.1 Å². The van der Waals surface area contributed by atoms with Gasteiger partial charge in [0.25, 0.3) is 0 Å². The average molecular weight is 406 g/mol. The summed E-state index contributed by atoms with van der Waals surface area (Å²) in [6.07, 6.45) is 0. The van der Waals surface area contributed by atoms with Gasteiger partial charge >= 0.3 is 11.9 Å². The number of hydrogen-bond acceptors (Lipinski definition) is 3. The van der Waals surface area contributed by atoms with Crippen LogP contribution in [0.1, 0.15) is 31.8 Å². The van der Waals surface area contributed by atoms with E-state index in [2.05, 4.69) is 0 Å². The van der Waals surface area contributed by atoms with Crippen molar-refractivity contribution in [2.45, 2.75) is 13.8 Å². The summed E-state index contributed by atoms with van der Waals surface area (Å²) >= 11 is 0. The van der Waals surface area contributed by atoms with E-state index in [1.165, 1.54) is 0 Å². The van der Waals surface area contributed by atoms with Crippen molar-refractivity contribution in [3.63, 3.8) is 0 Å². The average Bonchev–Trinajstić information content (AvgIpc) is 2.80. The molecule has 4 rings (SSSR count). The van der Waals surface area contributed by atoms with Gasteiger partial charge in [-0.3, -0.25) is 0 Å². The Morgan fingerprint density at radius 2 is 0.935 bits per heavy atom. The Morgan fingerprint density at radius 3 is 1.32 bits per heavy atom. The van der Waals surface area contributed by atoms with E-state index in [1.807, 2.05) is 98.8 Å². The molecule has 3 heteroatoms. The standard InChI is InChI=1S/C28H22O3/c1-19-13-15-23(21-9-5-3-6-10-21)25(17-19)27(29)31-28(30)26-18-20(2)14-16-24(26)22-11-7-4-8-12-22/h3-18H,1-2H3. The van der Waals surface area contributed by atoms with E-state index >= 15 is 0 Å². The predicted molar refractivity (Wildman–Crippen MR) is 123 cm³/mol. The second-order valence-corrected chi connectivity index (χ2v) is 7.51. The first kappa shape index (κ1) is 20.3. The fraction of sp³-hybridized carbons (Fsp3) is 0.0714. The molecule has 0 radical (unpaired) electrons. The summed E-state index contributed by atoms with van der Waals surface area (Å²) in [5.41, 5.74) is 5.82. The molecule has 3 nitrogen and oxygen atoms in total. The van der Waals surface area contributed by atoms with Crippen molar-refractivity contribution >= 4 is 11.9 Å². The molecule has 0 unspecified atom stereocenters. The van der Waals surface area contributed by atoms with Crippen LogP contribution in [0.2, 0.25) is 0 Å². The summed E-state index contributed by atoms with van der Waals surface area (Å²) < 4.78 is 5.38. The van der Waals surface area contributed by atoms with Gasteiger partial charge in [0.2, 0.25) is 0 Å². The van der Waals surface area contributed by atoms with Crippen molar-refractivity contribution in [3.05, 3.63) is 119 Å². The largest absolute Gasteiger partial charge is 0.386 e. The highest BCUT2D eigenvalue weighted by atomic mass is 16.6. The summed E-state index contributed by atoms with van der Waals surface area (Å²) in [5, 5.41) is 0. The van der Waals surface area contributed by atoms with Crippen molar-refractivity contribution in [2.24, 2.45) is 0 Å². The quantitative estimate of drug-likeness (QED) is 0.282. The molecule has 152 valence electrons. The fourth-order valence-electron chi connectivity index (χ4n) is 3.59. The molecule has 0 bridgehead atoms. The van der Waals surface area contributed by atoms with Crippen molar-refractivity contribution in [2.75, 3.05) is 0 Å². The first-order valence-electron chi connectivity index (χ1n) is 10.1. The minimum Gasteiger partial charge on any atom is -0.386 e. The van der Waals surface area contributed by atoms with E-state index in [4.69, 9.17) is 4.74 Å². The normalized spacial score (nSPS) is 10.5. The van der Waals surface area contributed by atoms with Crippen LogP contribution in [-0.4, -0.2) is 11.9 Å².